The Kier molecular flexibility index (Phi) is 7.67. The van der Waals surface area contributed by atoms with Gasteiger partial charge in [-0.1, -0.05) is 0 Å². The zero-order valence-electron chi connectivity index (χ0n) is 18.7. The van der Waals surface area contributed by atoms with Crippen LogP contribution < -0.4 is 10.1 Å². The maximum atomic E-state index is 13.6. The van der Waals surface area contributed by atoms with E-state index in [1.54, 1.807) is 29.2 Å². The number of piperazine rings is 1. The largest absolute Gasteiger partial charge is 0.495 e. The lowest BCUT2D eigenvalue weighted by molar-refractivity contribution is -0.116. The number of carbonyl (C=O) groups excluding carboxylic acids is 2. The molecule has 0 unspecified atom stereocenters. The van der Waals surface area contributed by atoms with Gasteiger partial charge in [-0.3, -0.25) is 9.59 Å². The summed E-state index contributed by atoms with van der Waals surface area (Å²) in [6.45, 7) is 2.45. The lowest BCUT2D eigenvalue weighted by Gasteiger charge is -2.32. The van der Waals surface area contributed by atoms with Crippen molar-refractivity contribution in [2.24, 2.45) is 0 Å². The first-order valence-corrected chi connectivity index (χ1v) is 11.7. The van der Waals surface area contributed by atoms with E-state index in [-0.39, 0.29) is 16.6 Å². The number of nitrogens with one attached hydrogen (secondary N) is 1. The number of sulfonamides is 1. The van der Waals surface area contributed by atoms with Crippen molar-refractivity contribution in [2.45, 2.75) is 4.90 Å². The van der Waals surface area contributed by atoms with Crippen molar-refractivity contribution in [3.05, 3.63) is 53.8 Å². The first kappa shape index (κ1) is 24.6. The van der Waals surface area contributed by atoms with E-state index < -0.39 is 28.3 Å². The fourth-order valence-corrected chi connectivity index (χ4v) is 4.69. The third-order valence-corrected chi connectivity index (χ3v) is 7.21. The molecule has 178 valence electrons. The molecule has 2 aromatic carbocycles. The van der Waals surface area contributed by atoms with Crippen molar-refractivity contribution in [3.63, 3.8) is 0 Å². The molecule has 1 aliphatic rings. The van der Waals surface area contributed by atoms with Crippen molar-refractivity contribution in [2.75, 3.05) is 59.2 Å². The highest BCUT2D eigenvalue weighted by Crippen LogP contribution is 2.27. The van der Waals surface area contributed by atoms with Crippen LogP contribution in [0.4, 0.5) is 10.1 Å². The third kappa shape index (κ3) is 5.86. The number of likely N-dealkylation sites (N-methyl/N-ethyl adjacent to an activating group) is 2. The highest BCUT2D eigenvalue weighted by atomic mass is 32.2. The number of hydrogen-bond acceptors (Lipinski definition) is 6. The Morgan fingerprint density at radius 2 is 1.73 bits per heavy atom. The number of carbonyl (C=O) groups is 2. The summed E-state index contributed by atoms with van der Waals surface area (Å²) in [6.07, 6.45) is 0. The van der Waals surface area contributed by atoms with Gasteiger partial charge in [-0.2, -0.15) is 4.31 Å². The summed E-state index contributed by atoms with van der Waals surface area (Å²) < 4.78 is 45.0. The molecule has 0 radical (unpaired) electrons. The molecule has 33 heavy (non-hydrogen) atoms. The van der Waals surface area contributed by atoms with E-state index in [2.05, 4.69) is 10.2 Å². The van der Waals surface area contributed by atoms with Crippen molar-refractivity contribution in [3.8, 4) is 5.75 Å². The van der Waals surface area contributed by atoms with Gasteiger partial charge < -0.3 is 19.9 Å². The summed E-state index contributed by atoms with van der Waals surface area (Å²) in [7, 11) is 0.333. The van der Waals surface area contributed by atoms with Gasteiger partial charge in [-0.25, -0.2) is 12.8 Å². The molecule has 3 rings (SSSR count). The number of nitrogens with zero attached hydrogens (tertiary/aromatic N) is 3. The summed E-state index contributed by atoms with van der Waals surface area (Å²) in [5.74, 6) is -1.42. The Bertz CT molecular complexity index is 1120. The van der Waals surface area contributed by atoms with Crippen LogP contribution in [0.25, 0.3) is 0 Å². The highest BCUT2D eigenvalue weighted by molar-refractivity contribution is 7.89. The quantitative estimate of drug-likeness (QED) is 0.647. The van der Waals surface area contributed by atoms with Crippen LogP contribution in [0.15, 0.2) is 47.4 Å². The van der Waals surface area contributed by atoms with E-state index in [1.165, 1.54) is 20.2 Å². The van der Waals surface area contributed by atoms with E-state index in [0.29, 0.717) is 24.3 Å². The van der Waals surface area contributed by atoms with Gasteiger partial charge in [0, 0.05) is 44.5 Å². The molecule has 1 fully saturated rings. The van der Waals surface area contributed by atoms with E-state index >= 15 is 0 Å². The van der Waals surface area contributed by atoms with Gasteiger partial charge in [0.15, 0.2) is 0 Å². The average Bonchev–Trinajstić information content (AvgIpc) is 2.79. The van der Waals surface area contributed by atoms with Gasteiger partial charge >= 0.3 is 0 Å². The third-order valence-electron chi connectivity index (χ3n) is 5.39. The van der Waals surface area contributed by atoms with E-state index in [9.17, 15) is 22.4 Å². The van der Waals surface area contributed by atoms with Crippen molar-refractivity contribution < 1.29 is 27.1 Å². The van der Waals surface area contributed by atoms with Crippen LogP contribution in [0, 0.1) is 5.82 Å². The SMILES string of the molecule is COc1ccc(F)cc1S(=O)(=O)N(C)CC(=O)Nc1ccc(C(=O)N2CCN(C)CC2)cc1. The van der Waals surface area contributed by atoms with Crippen LogP contribution in [-0.4, -0.2) is 88.3 Å². The van der Waals surface area contributed by atoms with Crippen LogP contribution in [-0.2, 0) is 14.8 Å². The van der Waals surface area contributed by atoms with Gasteiger partial charge in [0.1, 0.15) is 16.5 Å². The van der Waals surface area contributed by atoms with E-state index in [4.69, 9.17) is 4.74 Å². The molecule has 0 aromatic heterocycles. The van der Waals surface area contributed by atoms with Crippen LogP contribution >= 0.6 is 0 Å². The van der Waals surface area contributed by atoms with Gasteiger partial charge in [0.2, 0.25) is 15.9 Å². The normalized spacial score (nSPS) is 14.9. The van der Waals surface area contributed by atoms with E-state index in [0.717, 1.165) is 29.5 Å². The molecule has 11 heteroatoms. The number of rotatable bonds is 7. The number of benzene rings is 2. The van der Waals surface area contributed by atoms with Crippen LogP contribution in [0.5, 0.6) is 5.75 Å². The minimum Gasteiger partial charge on any atom is -0.495 e. The molecular formula is C22H27FN4O5S. The molecule has 0 bridgehead atoms. The molecule has 1 aliphatic heterocycles. The number of anilines is 1. The molecular weight excluding hydrogens is 451 g/mol. The van der Waals surface area contributed by atoms with Crippen LogP contribution in [0.2, 0.25) is 0 Å². The topological polar surface area (TPSA) is 99.3 Å². The first-order chi connectivity index (χ1) is 15.6. The predicted molar refractivity (Wildman–Crippen MR) is 121 cm³/mol. The van der Waals surface area contributed by atoms with Crippen LogP contribution in [0.1, 0.15) is 10.4 Å². The highest BCUT2D eigenvalue weighted by Gasteiger charge is 2.27. The van der Waals surface area contributed by atoms with Gasteiger partial charge in [-0.05, 0) is 49.5 Å². The molecule has 1 saturated heterocycles. The summed E-state index contributed by atoms with van der Waals surface area (Å²) in [6, 6.07) is 9.56. The van der Waals surface area contributed by atoms with Gasteiger partial charge in [-0.15, -0.1) is 0 Å². The molecule has 0 aliphatic carbocycles. The maximum absolute atomic E-state index is 13.6. The molecule has 0 atom stereocenters. The molecule has 9 nitrogen and oxygen atoms in total. The minimum atomic E-state index is -4.17. The summed E-state index contributed by atoms with van der Waals surface area (Å²) in [4.78, 5) is 28.6. The van der Waals surface area contributed by atoms with Gasteiger partial charge in [0.05, 0.1) is 13.7 Å². The zero-order valence-corrected chi connectivity index (χ0v) is 19.6. The summed E-state index contributed by atoms with van der Waals surface area (Å²) >= 11 is 0. The zero-order chi connectivity index (χ0) is 24.2. The molecule has 1 N–H and O–H groups in total. The van der Waals surface area contributed by atoms with Gasteiger partial charge in [0.25, 0.3) is 5.91 Å². The Labute approximate surface area is 192 Å². The number of amides is 2. The Morgan fingerprint density at radius 3 is 2.33 bits per heavy atom. The van der Waals surface area contributed by atoms with Crippen LogP contribution in [0.3, 0.4) is 0 Å². The number of ether oxygens (including phenoxy) is 1. The first-order valence-electron chi connectivity index (χ1n) is 10.3. The minimum absolute atomic E-state index is 0.0238. The second-order valence-electron chi connectivity index (χ2n) is 7.78. The van der Waals surface area contributed by atoms with E-state index in [1.807, 2.05) is 7.05 Å². The van der Waals surface area contributed by atoms with Crippen molar-refractivity contribution in [1.29, 1.82) is 0 Å². The smallest absolute Gasteiger partial charge is 0.253 e. The Hall–Kier alpha value is -3.02. The Balaban J connectivity index is 1.62. The number of hydrogen-bond donors (Lipinski definition) is 1. The standard InChI is InChI=1S/C22H27FN4O5S/c1-25-10-12-27(13-11-25)22(29)16-4-7-18(8-5-16)24-21(28)15-26(2)33(30,31)20-14-17(23)6-9-19(20)32-3/h4-9,14H,10-13,15H2,1-3H3,(H,24,28). The fourth-order valence-electron chi connectivity index (χ4n) is 3.40. The molecule has 2 amide bonds. The predicted octanol–water partition coefficient (Wildman–Crippen LogP) is 1.48. The summed E-state index contributed by atoms with van der Waals surface area (Å²) in [5.41, 5.74) is 0.930. The second kappa shape index (κ2) is 10.3. The van der Waals surface area contributed by atoms with Crippen molar-refractivity contribution in [1.82, 2.24) is 14.1 Å². The number of halogens is 1. The number of methoxy groups -OCH3 is 1. The lowest BCUT2D eigenvalue weighted by atomic mass is 10.1. The maximum Gasteiger partial charge on any atom is 0.253 e. The molecule has 1 heterocycles. The summed E-state index contributed by atoms with van der Waals surface area (Å²) in [5, 5.41) is 2.61. The van der Waals surface area contributed by atoms with Crippen molar-refractivity contribution >= 4 is 27.5 Å². The average molecular weight is 479 g/mol. The fraction of sp³-hybridized carbons (Fsp3) is 0.364. The monoisotopic (exact) mass is 478 g/mol. The molecule has 0 saturated carbocycles. The Morgan fingerprint density at radius 1 is 1.09 bits per heavy atom. The molecule has 2 aromatic rings. The lowest BCUT2D eigenvalue weighted by Crippen LogP contribution is -2.47. The second-order valence-corrected chi connectivity index (χ2v) is 9.79. The molecule has 0 spiro atoms.